The highest BCUT2D eigenvalue weighted by Gasteiger charge is 2.23. The standard InChI is InChI=1S/C19H30N2O3/c1-12(2)17(21-13(3)22)18(24)20-11-16(23)14-7-9-15(10-8-14)19(4,5)6/h7-10,12,16-17,23H,11H2,1-6H3,(H,20,24)(H,21,22). The summed E-state index contributed by atoms with van der Waals surface area (Å²) in [6, 6.07) is 7.15. The molecule has 0 heterocycles. The molecule has 134 valence electrons. The quantitative estimate of drug-likeness (QED) is 0.747. The van der Waals surface area contributed by atoms with Crippen molar-refractivity contribution in [2.45, 2.75) is 59.1 Å². The third-order valence-corrected chi connectivity index (χ3v) is 3.94. The van der Waals surface area contributed by atoms with Crippen molar-refractivity contribution in [3.8, 4) is 0 Å². The molecule has 1 aromatic rings. The van der Waals surface area contributed by atoms with E-state index in [1.165, 1.54) is 12.5 Å². The Kier molecular flexibility index (Phi) is 6.96. The van der Waals surface area contributed by atoms with Crippen LogP contribution in [0.3, 0.4) is 0 Å². The first-order chi connectivity index (χ1) is 11.0. The second-order valence-corrected chi connectivity index (χ2v) is 7.56. The van der Waals surface area contributed by atoms with Gasteiger partial charge in [0, 0.05) is 13.5 Å². The number of nitrogens with one attached hydrogen (secondary N) is 2. The molecular weight excluding hydrogens is 304 g/mol. The van der Waals surface area contributed by atoms with Gasteiger partial charge in [-0.05, 0) is 22.5 Å². The van der Waals surface area contributed by atoms with Crippen LogP contribution >= 0.6 is 0 Å². The summed E-state index contributed by atoms with van der Waals surface area (Å²) in [6.45, 7) is 11.6. The molecule has 0 aliphatic carbocycles. The number of aliphatic hydroxyl groups is 1. The Morgan fingerprint density at radius 1 is 1.12 bits per heavy atom. The first-order valence-corrected chi connectivity index (χ1v) is 8.35. The van der Waals surface area contributed by atoms with Gasteiger partial charge in [0.05, 0.1) is 6.10 Å². The summed E-state index contributed by atoms with van der Waals surface area (Å²) in [5, 5.41) is 15.6. The monoisotopic (exact) mass is 334 g/mol. The number of rotatable bonds is 6. The summed E-state index contributed by atoms with van der Waals surface area (Å²) in [6.07, 6.45) is -0.784. The second-order valence-electron chi connectivity index (χ2n) is 7.56. The predicted molar refractivity (Wildman–Crippen MR) is 95.6 cm³/mol. The first kappa shape index (κ1) is 20.2. The van der Waals surface area contributed by atoms with Crippen molar-refractivity contribution < 1.29 is 14.7 Å². The Balaban J connectivity index is 2.66. The number of benzene rings is 1. The van der Waals surface area contributed by atoms with Crippen LogP contribution in [-0.4, -0.2) is 29.5 Å². The lowest BCUT2D eigenvalue weighted by atomic mass is 9.86. The molecule has 0 fully saturated rings. The lowest BCUT2D eigenvalue weighted by Crippen LogP contribution is -2.49. The fourth-order valence-corrected chi connectivity index (χ4v) is 2.38. The SMILES string of the molecule is CC(=O)NC(C(=O)NCC(O)c1ccc(C(C)(C)C)cc1)C(C)C. The van der Waals surface area contributed by atoms with Crippen LogP contribution in [0.15, 0.2) is 24.3 Å². The third kappa shape index (κ3) is 5.96. The van der Waals surface area contributed by atoms with Gasteiger partial charge in [-0.1, -0.05) is 58.9 Å². The minimum atomic E-state index is -0.784. The smallest absolute Gasteiger partial charge is 0.242 e. The molecule has 0 aromatic heterocycles. The van der Waals surface area contributed by atoms with E-state index in [9.17, 15) is 14.7 Å². The number of hydrogen-bond donors (Lipinski definition) is 3. The summed E-state index contributed by atoms with van der Waals surface area (Å²) in [7, 11) is 0. The molecular formula is C19H30N2O3. The summed E-state index contributed by atoms with van der Waals surface area (Å²) >= 11 is 0. The Hall–Kier alpha value is -1.88. The molecule has 24 heavy (non-hydrogen) atoms. The van der Waals surface area contributed by atoms with Gasteiger partial charge in [0.2, 0.25) is 11.8 Å². The Bertz CT molecular complexity index is 559. The molecule has 3 N–H and O–H groups in total. The Morgan fingerprint density at radius 3 is 2.08 bits per heavy atom. The van der Waals surface area contributed by atoms with Crippen LogP contribution in [-0.2, 0) is 15.0 Å². The van der Waals surface area contributed by atoms with E-state index in [4.69, 9.17) is 0 Å². The highest BCUT2D eigenvalue weighted by atomic mass is 16.3. The molecule has 5 heteroatoms. The maximum Gasteiger partial charge on any atom is 0.242 e. The molecule has 0 bridgehead atoms. The molecule has 0 aliphatic heterocycles. The Labute approximate surface area is 144 Å². The molecule has 2 amide bonds. The minimum absolute atomic E-state index is 0.0305. The van der Waals surface area contributed by atoms with E-state index in [-0.39, 0.29) is 29.7 Å². The zero-order valence-corrected chi connectivity index (χ0v) is 15.5. The van der Waals surface area contributed by atoms with E-state index in [0.29, 0.717) is 0 Å². The molecule has 1 rings (SSSR count). The summed E-state index contributed by atoms with van der Waals surface area (Å²) in [4.78, 5) is 23.4. The van der Waals surface area contributed by atoms with Crippen LogP contribution in [0.2, 0.25) is 0 Å². The van der Waals surface area contributed by atoms with Crippen molar-refractivity contribution in [2.75, 3.05) is 6.54 Å². The number of carbonyl (C=O) groups excluding carboxylic acids is 2. The highest BCUT2D eigenvalue weighted by molar-refractivity contribution is 5.87. The maximum absolute atomic E-state index is 12.2. The highest BCUT2D eigenvalue weighted by Crippen LogP contribution is 2.23. The topological polar surface area (TPSA) is 78.4 Å². The largest absolute Gasteiger partial charge is 0.387 e. The number of hydrogen-bond acceptors (Lipinski definition) is 3. The van der Waals surface area contributed by atoms with Gasteiger partial charge >= 0.3 is 0 Å². The van der Waals surface area contributed by atoms with E-state index in [0.717, 1.165) is 5.56 Å². The maximum atomic E-state index is 12.2. The average molecular weight is 334 g/mol. The van der Waals surface area contributed by atoms with E-state index in [1.807, 2.05) is 38.1 Å². The minimum Gasteiger partial charge on any atom is -0.387 e. The van der Waals surface area contributed by atoms with Crippen LogP contribution in [0.4, 0.5) is 0 Å². The van der Waals surface area contributed by atoms with Crippen molar-refractivity contribution in [1.82, 2.24) is 10.6 Å². The molecule has 2 unspecified atom stereocenters. The van der Waals surface area contributed by atoms with E-state index in [1.54, 1.807) is 0 Å². The molecule has 0 saturated heterocycles. The van der Waals surface area contributed by atoms with Crippen molar-refractivity contribution >= 4 is 11.8 Å². The van der Waals surface area contributed by atoms with E-state index in [2.05, 4.69) is 31.4 Å². The van der Waals surface area contributed by atoms with Gasteiger partial charge < -0.3 is 15.7 Å². The van der Waals surface area contributed by atoms with Gasteiger partial charge in [0.15, 0.2) is 0 Å². The summed E-state index contributed by atoms with van der Waals surface area (Å²) < 4.78 is 0. The summed E-state index contributed by atoms with van der Waals surface area (Å²) in [5.41, 5.74) is 2.00. The third-order valence-electron chi connectivity index (χ3n) is 3.94. The Morgan fingerprint density at radius 2 is 1.67 bits per heavy atom. The van der Waals surface area contributed by atoms with Crippen molar-refractivity contribution in [3.63, 3.8) is 0 Å². The summed E-state index contributed by atoms with van der Waals surface area (Å²) in [5.74, 6) is -0.565. The first-order valence-electron chi connectivity index (χ1n) is 8.35. The van der Waals surface area contributed by atoms with Crippen LogP contribution in [0.1, 0.15) is 58.8 Å². The number of carbonyl (C=O) groups is 2. The lowest BCUT2D eigenvalue weighted by molar-refractivity contribution is -0.129. The fourth-order valence-electron chi connectivity index (χ4n) is 2.38. The second kappa shape index (κ2) is 8.29. The van der Waals surface area contributed by atoms with Gasteiger partial charge in [0.1, 0.15) is 6.04 Å². The van der Waals surface area contributed by atoms with Gasteiger partial charge in [0.25, 0.3) is 0 Å². The molecule has 1 aromatic carbocycles. The van der Waals surface area contributed by atoms with Gasteiger partial charge in [-0.2, -0.15) is 0 Å². The van der Waals surface area contributed by atoms with E-state index >= 15 is 0 Å². The molecule has 0 spiro atoms. The van der Waals surface area contributed by atoms with Gasteiger partial charge in [-0.25, -0.2) is 0 Å². The van der Waals surface area contributed by atoms with Gasteiger partial charge in [-0.15, -0.1) is 0 Å². The van der Waals surface area contributed by atoms with E-state index < -0.39 is 12.1 Å². The van der Waals surface area contributed by atoms with Gasteiger partial charge in [-0.3, -0.25) is 9.59 Å². The zero-order chi connectivity index (χ0) is 18.5. The number of aliphatic hydroxyl groups excluding tert-OH is 1. The van der Waals surface area contributed by atoms with Crippen molar-refractivity contribution in [3.05, 3.63) is 35.4 Å². The van der Waals surface area contributed by atoms with Crippen LogP contribution < -0.4 is 10.6 Å². The molecule has 0 saturated carbocycles. The molecule has 5 nitrogen and oxygen atoms in total. The number of amides is 2. The van der Waals surface area contributed by atoms with Crippen LogP contribution in [0.25, 0.3) is 0 Å². The van der Waals surface area contributed by atoms with Crippen LogP contribution in [0, 0.1) is 5.92 Å². The van der Waals surface area contributed by atoms with Crippen molar-refractivity contribution in [1.29, 1.82) is 0 Å². The molecule has 0 aliphatic rings. The molecule has 2 atom stereocenters. The molecule has 0 radical (unpaired) electrons. The van der Waals surface area contributed by atoms with Crippen LogP contribution in [0.5, 0.6) is 0 Å². The normalized spacial score (nSPS) is 14.2. The average Bonchev–Trinajstić information content (AvgIpc) is 2.48. The van der Waals surface area contributed by atoms with Crippen molar-refractivity contribution in [2.24, 2.45) is 5.92 Å². The fraction of sp³-hybridized carbons (Fsp3) is 0.579. The lowest BCUT2D eigenvalue weighted by Gasteiger charge is -2.22. The predicted octanol–water partition coefficient (Wildman–Crippen LogP) is 2.29. The zero-order valence-electron chi connectivity index (χ0n) is 15.5.